The maximum Gasteiger partial charge on any atom is 0.329 e. The van der Waals surface area contributed by atoms with Crippen molar-refractivity contribution in [2.75, 3.05) is 5.32 Å². The number of imide groups is 1. The Balaban J connectivity index is 1.61. The number of hydrogen-bond donors (Lipinski definition) is 1. The van der Waals surface area contributed by atoms with Crippen molar-refractivity contribution < 1.29 is 23.9 Å². The molecule has 3 rings (SSSR count). The molecule has 1 N–H and O–H groups in total. The van der Waals surface area contributed by atoms with Crippen LogP contribution in [0.4, 0.5) is 5.69 Å². The summed E-state index contributed by atoms with van der Waals surface area (Å²) in [7, 11) is 0. The predicted molar refractivity (Wildman–Crippen MR) is 102 cm³/mol. The van der Waals surface area contributed by atoms with E-state index in [4.69, 9.17) is 10.00 Å². The molecule has 8 heteroatoms. The van der Waals surface area contributed by atoms with Gasteiger partial charge in [0.05, 0.1) is 23.5 Å². The normalized spacial score (nSPS) is 22.4. The Kier molecular flexibility index (Phi) is 5.78. The van der Waals surface area contributed by atoms with Gasteiger partial charge in [0.15, 0.2) is 6.10 Å². The molecule has 0 radical (unpaired) electrons. The van der Waals surface area contributed by atoms with E-state index in [0.29, 0.717) is 24.1 Å². The third-order valence-electron chi connectivity index (χ3n) is 5.19. The van der Waals surface area contributed by atoms with Gasteiger partial charge in [-0.25, -0.2) is 4.79 Å². The second-order valence-electron chi connectivity index (χ2n) is 7.14. The molecule has 29 heavy (non-hydrogen) atoms. The fraction of sp³-hybridized carbons (Fsp3) is 0.381. The first-order valence-corrected chi connectivity index (χ1v) is 9.37. The lowest BCUT2D eigenvalue weighted by atomic mass is 9.85. The Bertz CT molecular complexity index is 906. The number of nitrogens with one attached hydrogen (secondary N) is 1. The van der Waals surface area contributed by atoms with E-state index in [1.54, 1.807) is 18.2 Å². The molecule has 1 aromatic carbocycles. The van der Waals surface area contributed by atoms with Crippen molar-refractivity contribution in [3.63, 3.8) is 0 Å². The number of rotatable bonds is 5. The van der Waals surface area contributed by atoms with Gasteiger partial charge in [-0.2, -0.15) is 5.26 Å². The van der Waals surface area contributed by atoms with E-state index in [1.807, 2.05) is 18.2 Å². The van der Waals surface area contributed by atoms with E-state index >= 15 is 0 Å². The number of amides is 3. The number of anilines is 1. The average Bonchev–Trinajstić information content (AvgIpc) is 2.98. The van der Waals surface area contributed by atoms with Crippen LogP contribution in [-0.2, 0) is 23.9 Å². The summed E-state index contributed by atoms with van der Waals surface area (Å²) < 4.78 is 5.19. The zero-order valence-electron chi connectivity index (χ0n) is 16.1. The lowest BCUT2D eigenvalue weighted by Crippen LogP contribution is -2.46. The molecule has 4 atom stereocenters. The van der Waals surface area contributed by atoms with Crippen LogP contribution in [0.25, 0.3) is 0 Å². The van der Waals surface area contributed by atoms with Gasteiger partial charge in [0.1, 0.15) is 6.04 Å². The van der Waals surface area contributed by atoms with E-state index in [1.165, 1.54) is 19.9 Å². The minimum absolute atomic E-state index is 0.376. The quantitative estimate of drug-likeness (QED) is 0.461. The number of allylic oxidation sites excluding steroid dienone is 2. The molecule has 0 saturated carbocycles. The second-order valence-corrected chi connectivity index (χ2v) is 7.14. The van der Waals surface area contributed by atoms with Gasteiger partial charge < -0.3 is 10.1 Å². The van der Waals surface area contributed by atoms with E-state index < -0.39 is 35.9 Å². The highest BCUT2D eigenvalue weighted by Crippen LogP contribution is 2.36. The van der Waals surface area contributed by atoms with Crippen molar-refractivity contribution >= 4 is 29.4 Å². The van der Waals surface area contributed by atoms with Crippen molar-refractivity contribution in [2.45, 2.75) is 38.8 Å². The summed E-state index contributed by atoms with van der Waals surface area (Å²) in [5, 5.41) is 11.5. The molecular weight excluding hydrogens is 374 g/mol. The first-order chi connectivity index (χ1) is 13.8. The number of esters is 1. The highest BCUT2D eigenvalue weighted by atomic mass is 16.5. The van der Waals surface area contributed by atoms with Gasteiger partial charge in [-0.1, -0.05) is 18.2 Å². The first kappa shape index (κ1) is 20.3. The molecule has 1 saturated heterocycles. The van der Waals surface area contributed by atoms with Crippen molar-refractivity contribution in [1.29, 1.82) is 5.26 Å². The first-order valence-electron chi connectivity index (χ1n) is 9.37. The molecule has 8 nitrogen and oxygen atoms in total. The molecule has 0 aromatic heterocycles. The number of hydrogen-bond acceptors (Lipinski definition) is 6. The minimum Gasteiger partial charge on any atom is -0.451 e. The largest absolute Gasteiger partial charge is 0.451 e. The van der Waals surface area contributed by atoms with Gasteiger partial charge in [-0.3, -0.25) is 19.3 Å². The topological polar surface area (TPSA) is 117 Å². The summed E-state index contributed by atoms with van der Waals surface area (Å²) >= 11 is 0. The molecule has 2 aliphatic rings. The number of carbonyl (C=O) groups excluding carboxylic acids is 4. The van der Waals surface area contributed by atoms with Gasteiger partial charge in [-0.05, 0) is 44.9 Å². The number of ether oxygens (including phenoxy) is 1. The summed E-state index contributed by atoms with van der Waals surface area (Å²) in [4.78, 5) is 50.9. The van der Waals surface area contributed by atoms with Crippen LogP contribution in [0.15, 0.2) is 36.4 Å². The van der Waals surface area contributed by atoms with Gasteiger partial charge in [0.25, 0.3) is 5.91 Å². The molecule has 150 valence electrons. The summed E-state index contributed by atoms with van der Waals surface area (Å²) in [6, 6.07) is 7.16. The molecule has 1 aliphatic heterocycles. The lowest BCUT2D eigenvalue weighted by Gasteiger charge is -2.23. The summed E-state index contributed by atoms with van der Waals surface area (Å²) in [6.45, 7) is 2.81. The van der Waals surface area contributed by atoms with E-state index in [0.717, 1.165) is 4.90 Å². The molecule has 1 aromatic rings. The molecule has 3 amide bonds. The zero-order valence-corrected chi connectivity index (χ0v) is 16.1. The van der Waals surface area contributed by atoms with Gasteiger partial charge in [0.2, 0.25) is 11.8 Å². The van der Waals surface area contributed by atoms with E-state index in [2.05, 4.69) is 5.32 Å². The van der Waals surface area contributed by atoms with Crippen LogP contribution in [-0.4, -0.2) is 40.7 Å². The number of nitrogens with zero attached hydrogens (tertiary/aromatic N) is 2. The number of likely N-dealkylation sites (tertiary alicyclic amines) is 1. The Morgan fingerprint density at radius 1 is 1.17 bits per heavy atom. The molecule has 0 spiro atoms. The number of fused-ring (bicyclic) bond motifs is 1. The Labute approximate surface area is 168 Å². The van der Waals surface area contributed by atoms with E-state index in [-0.39, 0.29) is 11.8 Å². The lowest BCUT2D eigenvalue weighted by molar-refractivity contribution is -0.163. The van der Waals surface area contributed by atoms with Crippen LogP contribution >= 0.6 is 0 Å². The minimum atomic E-state index is -1.15. The molecule has 1 heterocycles. The molecule has 0 unspecified atom stereocenters. The fourth-order valence-corrected chi connectivity index (χ4v) is 3.55. The monoisotopic (exact) mass is 395 g/mol. The van der Waals surface area contributed by atoms with Crippen molar-refractivity contribution in [3.8, 4) is 6.07 Å². The third-order valence-corrected chi connectivity index (χ3v) is 5.19. The van der Waals surface area contributed by atoms with Crippen molar-refractivity contribution in [1.82, 2.24) is 4.90 Å². The molecule has 1 fully saturated rings. The standard InChI is InChI=1S/C21H21N3O5/c1-12(24-19(26)16-8-3-4-9-17(16)20(24)27)21(28)29-13(2)18(25)23-15-7-5-6-14(10-15)11-22/h3-7,10,12-13,16-17H,8-9H2,1-2H3,(H,23,25)/t12-,13-,16-,17+/m0/s1. The number of carbonyl (C=O) groups is 4. The van der Waals surface area contributed by atoms with E-state index in [9.17, 15) is 19.2 Å². The number of benzene rings is 1. The van der Waals surface area contributed by atoms with Crippen molar-refractivity contribution in [3.05, 3.63) is 42.0 Å². The highest BCUT2D eigenvalue weighted by molar-refractivity contribution is 6.08. The average molecular weight is 395 g/mol. The second kappa shape index (κ2) is 8.27. The maximum absolute atomic E-state index is 12.6. The summed E-state index contributed by atoms with van der Waals surface area (Å²) in [5.74, 6) is -3.03. The van der Waals surface area contributed by atoms with Gasteiger partial charge >= 0.3 is 5.97 Å². The Morgan fingerprint density at radius 3 is 2.38 bits per heavy atom. The van der Waals surface area contributed by atoms with Crippen molar-refractivity contribution in [2.24, 2.45) is 11.8 Å². The zero-order chi connectivity index (χ0) is 21.1. The number of nitriles is 1. The SMILES string of the molecule is C[C@H](OC(=O)[C@H](C)N1C(=O)[C@H]2CC=CC[C@H]2C1=O)C(=O)Nc1cccc(C#N)c1. The van der Waals surface area contributed by atoms with Crippen LogP contribution in [0.3, 0.4) is 0 Å². The molecular formula is C21H21N3O5. The smallest absolute Gasteiger partial charge is 0.329 e. The van der Waals surface area contributed by atoms with Crippen LogP contribution < -0.4 is 5.32 Å². The molecule has 1 aliphatic carbocycles. The van der Waals surface area contributed by atoms with Crippen LogP contribution in [0.2, 0.25) is 0 Å². The van der Waals surface area contributed by atoms with Crippen LogP contribution in [0, 0.1) is 23.2 Å². The van der Waals surface area contributed by atoms with Crippen LogP contribution in [0.5, 0.6) is 0 Å². The maximum atomic E-state index is 12.6. The molecule has 0 bridgehead atoms. The fourth-order valence-electron chi connectivity index (χ4n) is 3.55. The summed E-state index contributed by atoms with van der Waals surface area (Å²) in [6.07, 6.45) is 3.55. The van der Waals surface area contributed by atoms with Gasteiger partial charge in [0, 0.05) is 5.69 Å². The highest BCUT2D eigenvalue weighted by Gasteiger charge is 2.50. The summed E-state index contributed by atoms with van der Waals surface area (Å²) in [5.41, 5.74) is 0.773. The van der Waals surface area contributed by atoms with Gasteiger partial charge in [-0.15, -0.1) is 0 Å². The Hall–Kier alpha value is -3.47. The Morgan fingerprint density at radius 2 is 1.79 bits per heavy atom. The van der Waals surface area contributed by atoms with Crippen LogP contribution in [0.1, 0.15) is 32.3 Å². The predicted octanol–water partition coefficient (Wildman–Crippen LogP) is 1.77. The third kappa shape index (κ3) is 4.04.